The summed E-state index contributed by atoms with van der Waals surface area (Å²) in [5.74, 6) is 0.813. The van der Waals surface area contributed by atoms with E-state index in [1.165, 1.54) is 0 Å². The molecule has 100 valence electrons. The minimum absolute atomic E-state index is 0.0122. The summed E-state index contributed by atoms with van der Waals surface area (Å²) >= 11 is 0. The van der Waals surface area contributed by atoms with E-state index in [9.17, 15) is 4.79 Å². The van der Waals surface area contributed by atoms with Gasteiger partial charge in [0.05, 0.1) is 13.0 Å². The van der Waals surface area contributed by atoms with Crippen LogP contribution in [0, 0.1) is 13.8 Å². The second-order valence-corrected chi connectivity index (χ2v) is 4.57. The zero-order valence-electron chi connectivity index (χ0n) is 11.3. The Morgan fingerprint density at radius 1 is 1.44 bits per heavy atom. The van der Waals surface area contributed by atoms with Crippen molar-refractivity contribution >= 4 is 5.91 Å². The number of carbonyl (C=O) groups excluding carboxylic acids is 1. The van der Waals surface area contributed by atoms with Crippen molar-refractivity contribution in [1.82, 2.24) is 5.32 Å². The molecule has 3 N–H and O–H groups in total. The average molecular weight is 250 g/mol. The Bertz CT molecular complexity index is 405. The van der Waals surface area contributed by atoms with Crippen molar-refractivity contribution in [1.29, 1.82) is 0 Å². The Morgan fingerprint density at radius 2 is 2.17 bits per heavy atom. The number of rotatable bonds is 6. The van der Waals surface area contributed by atoms with E-state index in [0.29, 0.717) is 19.6 Å². The van der Waals surface area contributed by atoms with Gasteiger partial charge in [0.2, 0.25) is 5.91 Å². The normalized spacial score (nSPS) is 12.0. The summed E-state index contributed by atoms with van der Waals surface area (Å²) in [4.78, 5) is 11.5. The van der Waals surface area contributed by atoms with Gasteiger partial charge in [-0.2, -0.15) is 0 Å². The van der Waals surface area contributed by atoms with Gasteiger partial charge in [-0.25, -0.2) is 0 Å². The van der Waals surface area contributed by atoms with Gasteiger partial charge in [0.15, 0.2) is 0 Å². The lowest BCUT2D eigenvalue weighted by Crippen LogP contribution is -2.38. The molecule has 0 aliphatic rings. The Morgan fingerprint density at radius 3 is 2.83 bits per heavy atom. The van der Waals surface area contributed by atoms with Gasteiger partial charge >= 0.3 is 0 Å². The van der Waals surface area contributed by atoms with E-state index < -0.39 is 0 Å². The standard InChI is InChI=1S/C14H22N2O2/c1-10-4-5-11(2)13(8-10)18-7-6-14(17)16-12(3)9-15/h4-5,8,12H,6-7,9,15H2,1-3H3,(H,16,17). The summed E-state index contributed by atoms with van der Waals surface area (Å²) in [5.41, 5.74) is 7.66. The molecule has 0 saturated carbocycles. The smallest absolute Gasteiger partial charge is 0.223 e. The van der Waals surface area contributed by atoms with E-state index >= 15 is 0 Å². The Kier molecular flexibility index (Phi) is 5.65. The minimum atomic E-state index is -0.0294. The van der Waals surface area contributed by atoms with Crippen LogP contribution in [-0.2, 0) is 4.79 Å². The third-order valence-electron chi connectivity index (χ3n) is 2.69. The topological polar surface area (TPSA) is 64.3 Å². The van der Waals surface area contributed by atoms with E-state index in [0.717, 1.165) is 16.9 Å². The number of amides is 1. The third kappa shape index (κ3) is 4.75. The van der Waals surface area contributed by atoms with Gasteiger partial charge in [0.1, 0.15) is 5.75 Å². The van der Waals surface area contributed by atoms with Crippen molar-refractivity contribution in [2.24, 2.45) is 5.73 Å². The first kappa shape index (κ1) is 14.5. The van der Waals surface area contributed by atoms with Gasteiger partial charge < -0.3 is 15.8 Å². The molecule has 0 fully saturated rings. The van der Waals surface area contributed by atoms with Crippen molar-refractivity contribution < 1.29 is 9.53 Å². The number of aryl methyl sites for hydroxylation is 2. The van der Waals surface area contributed by atoms with Crippen LogP contribution in [-0.4, -0.2) is 25.1 Å². The molecule has 1 unspecified atom stereocenters. The number of hydrogen-bond acceptors (Lipinski definition) is 3. The second kappa shape index (κ2) is 7.01. The molecule has 18 heavy (non-hydrogen) atoms. The maximum absolute atomic E-state index is 11.5. The van der Waals surface area contributed by atoms with Crippen molar-refractivity contribution in [3.63, 3.8) is 0 Å². The van der Waals surface area contributed by atoms with Crippen LogP contribution in [0.25, 0.3) is 0 Å². The Hall–Kier alpha value is -1.55. The lowest BCUT2D eigenvalue weighted by atomic mass is 10.1. The molecule has 4 nitrogen and oxygen atoms in total. The highest BCUT2D eigenvalue weighted by molar-refractivity contribution is 5.76. The number of hydrogen-bond donors (Lipinski definition) is 2. The molecule has 1 amide bonds. The van der Waals surface area contributed by atoms with Gasteiger partial charge in [0, 0.05) is 12.6 Å². The quantitative estimate of drug-likeness (QED) is 0.805. The van der Waals surface area contributed by atoms with Crippen molar-refractivity contribution in [2.75, 3.05) is 13.2 Å². The Labute approximate surface area is 109 Å². The highest BCUT2D eigenvalue weighted by atomic mass is 16.5. The van der Waals surface area contributed by atoms with Crippen LogP contribution in [0.1, 0.15) is 24.5 Å². The molecule has 0 bridgehead atoms. The SMILES string of the molecule is Cc1ccc(C)c(OCCC(=O)NC(C)CN)c1. The van der Waals surface area contributed by atoms with E-state index in [4.69, 9.17) is 10.5 Å². The molecular formula is C14H22N2O2. The summed E-state index contributed by atoms with van der Waals surface area (Å²) in [6.07, 6.45) is 0.345. The zero-order valence-corrected chi connectivity index (χ0v) is 11.3. The lowest BCUT2D eigenvalue weighted by molar-refractivity contribution is -0.122. The van der Waals surface area contributed by atoms with Crippen LogP contribution in [0.15, 0.2) is 18.2 Å². The van der Waals surface area contributed by atoms with E-state index in [1.54, 1.807) is 0 Å². The van der Waals surface area contributed by atoms with E-state index in [2.05, 4.69) is 5.32 Å². The average Bonchev–Trinajstić information content (AvgIpc) is 2.33. The predicted molar refractivity (Wildman–Crippen MR) is 72.7 cm³/mol. The van der Waals surface area contributed by atoms with Gasteiger partial charge in [0.25, 0.3) is 0 Å². The zero-order chi connectivity index (χ0) is 13.5. The highest BCUT2D eigenvalue weighted by Crippen LogP contribution is 2.19. The van der Waals surface area contributed by atoms with Crippen LogP contribution in [0.3, 0.4) is 0 Å². The lowest BCUT2D eigenvalue weighted by Gasteiger charge is -2.12. The molecule has 1 aromatic rings. The fraction of sp³-hybridized carbons (Fsp3) is 0.500. The fourth-order valence-electron chi connectivity index (χ4n) is 1.52. The predicted octanol–water partition coefficient (Wildman–Crippen LogP) is 1.54. The van der Waals surface area contributed by atoms with Crippen LogP contribution in [0.2, 0.25) is 0 Å². The van der Waals surface area contributed by atoms with Crippen molar-refractivity contribution in [3.05, 3.63) is 29.3 Å². The van der Waals surface area contributed by atoms with E-state index in [-0.39, 0.29) is 11.9 Å². The fourth-order valence-corrected chi connectivity index (χ4v) is 1.52. The summed E-state index contributed by atoms with van der Waals surface area (Å²) in [6, 6.07) is 6.05. The maximum Gasteiger partial charge on any atom is 0.223 e. The molecule has 4 heteroatoms. The molecule has 0 saturated heterocycles. The van der Waals surface area contributed by atoms with E-state index in [1.807, 2.05) is 39.0 Å². The molecule has 0 spiro atoms. The largest absolute Gasteiger partial charge is 0.493 e. The monoisotopic (exact) mass is 250 g/mol. The molecule has 1 rings (SSSR count). The molecule has 1 aromatic carbocycles. The summed E-state index contributed by atoms with van der Waals surface area (Å²) in [7, 11) is 0. The molecule has 1 atom stereocenters. The summed E-state index contributed by atoms with van der Waals surface area (Å²) in [6.45, 7) is 6.72. The van der Waals surface area contributed by atoms with Crippen molar-refractivity contribution in [3.8, 4) is 5.75 Å². The highest BCUT2D eigenvalue weighted by Gasteiger charge is 2.06. The van der Waals surface area contributed by atoms with Crippen LogP contribution in [0.4, 0.5) is 0 Å². The number of carbonyl (C=O) groups is 1. The summed E-state index contributed by atoms with van der Waals surface area (Å²) < 4.78 is 5.61. The number of benzene rings is 1. The van der Waals surface area contributed by atoms with Gasteiger partial charge in [-0.05, 0) is 38.0 Å². The first-order valence-electron chi connectivity index (χ1n) is 6.22. The molecule has 0 aliphatic carbocycles. The molecule has 0 aromatic heterocycles. The second-order valence-electron chi connectivity index (χ2n) is 4.57. The molecule has 0 heterocycles. The van der Waals surface area contributed by atoms with Crippen LogP contribution < -0.4 is 15.8 Å². The Balaban J connectivity index is 2.37. The first-order valence-corrected chi connectivity index (χ1v) is 6.22. The number of nitrogens with one attached hydrogen (secondary N) is 1. The first-order chi connectivity index (χ1) is 8.52. The molecule has 0 radical (unpaired) electrons. The van der Waals surface area contributed by atoms with Crippen molar-refractivity contribution in [2.45, 2.75) is 33.2 Å². The minimum Gasteiger partial charge on any atom is -0.493 e. The summed E-state index contributed by atoms with van der Waals surface area (Å²) in [5, 5.41) is 2.80. The maximum atomic E-state index is 11.5. The van der Waals surface area contributed by atoms with Gasteiger partial charge in [-0.1, -0.05) is 12.1 Å². The van der Waals surface area contributed by atoms with Gasteiger partial charge in [-0.3, -0.25) is 4.79 Å². The molecular weight excluding hydrogens is 228 g/mol. The van der Waals surface area contributed by atoms with Crippen LogP contribution >= 0.6 is 0 Å². The van der Waals surface area contributed by atoms with Gasteiger partial charge in [-0.15, -0.1) is 0 Å². The molecule has 0 aliphatic heterocycles. The third-order valence-corrected chi connectivity index (χ3v) is 2.69. The van der Waals surface area contributed by atoms with Crippen LogP contribution in [0.5, 0.6) is 5.75 Å². The number of ether oxygens (including phenoxy) is 1. The number of nitrogens with two attached hydrogens (primary N) is 1.